The molecule has 0 aliphatic heterocycles. The summed E-state index contributed by atoms with van der Waals surface area (Å²) in [6, 6.07) is 5.17. The fourth-order valence-electron chi connectivity index (χ4n) is 3.51. The minimum absolute atomic E-state index is 0.244. The van der Waals surface area contributed by atoms with Crippen LogP contribution in [0.3, 0.4) is 0 Å². The molecule has 0 nitrogen and oxygen atoms in total. The number of alkyl halides is 1. The molecule has 0 unspecified atom stereocenters. The molecule has 0 aromatic heterocycles. The van der Waals surface area contributed by atoms with Gasteiger partial charge in [-0.3, -0.25) is 0 Å². The number of rotatable bonds is 6. The molecule has 0 saturated heterocycles. The van der Waals surface area contributed by atoms with Gasteiger partial charge in [-0.2, -0.15) is 0 Å². The highest BCUT2D eigenvalue weighted by Crippen LogP contribution is 2.44. The van der Waals surface area contributed by atoms with E-state index in [9.17, 15) is 4.39 Å². The summed E-state index contributed by atoms with van der Waals surface area (Å²) in [4.78, 5) is 0. The Balaban J connectivity index is 1.98. The number of hydrogen-bond donors (Lipinski definition) is 0. The Labute approximate surface area is 141 Å². The van der Waals surface area contributed by atoms with Gasteiger partial charge >= 0.3 is 0 Å². The van der Waals surface area contributed by atoms with E-state index in [-0.39, 0.29) is 10.8 Å². The van der Waals surface area contributed by atoms with Crippen LogP contribution in [0.2, 0.25) is 5.02 Å². The molecule has 0 bridgehead atoms. The van der Waals surface area contributed by atoms with Crippen molar-refractivity contribution in [2.75, 3.05) is 5.33 Å². The normalized spacial score (nSPS) is 26.0. The van der Waals surface area contributed by atoms with Crippen LogP contribution >= 0.6 is 27.5 Å². The summed E-state index contributed by atoms with van der Waals surface area (Å²) in [6.45, 7) is 2.27. The van der Waals surface area contributed by atoms with Crippen molar-refractivity contribution in [3.8, 4) is 0 Å². The predicted octanol–water partition coefficient (Wildman–Crippen LogP) is 6.78. The maximum atomic E-state index is 13.3. The Hall–Kier alpha value is -0.0800. The van der Waals surface area contributed by atoms with E-state index in [0.717, 1.165) is 23.2 Å². The topological polar surface area (TPSA) is 0 Å². The van der Waals surface area contributed by atoms with Crippen LogP contribution in [0, 0.1) is 17.2 Å². The van der Waals surface area contributed by atoms with Crippen molar-refractivity contribution in [2.45, 2.75) is 58.3 Å². The van der Waals surface area contributed by atoms with Crippen LogP contribution in [0.15, 0.2) is 18.2 Å². The van der Waals surface area contributed by atoms with Crippen LogP contribution in [-0.4, -0.2) is 5.33 Å². The van der Waals surface area contributed by atoms with Gasteiger partial charge in [0.15, 0.2) is 0 Å². The van der Waals surface area contributed by atoms with Crippen LogP contribution in [0.25, 0.3) is 0 Å². The van der Waals surface area contributed by atoms with Gasteiger partial charge in [0.25, 0.3) is 0 Å². The first kappa shape index (κ1) is 17.3. The van der Waals surface area contributed by atoms with E-state index < -0.39 is 0 Å². The smallest absolute Gasteiger partial charge is 0.141 e. The highest BCUT2D eigenvalue weighted by Gasteiger charge is 2.34. The third kappa shape index (κ3) is 4.69. The van der Waals surface area contributed by atoms with Crippen molar-refractivity contribution in [3.63, 3.8) is 0 Å². The first-order chi connectivity index (χ1) is 10.1. The lowest BCUT2D eigenvalue weighted by atomic mass is 9.68. The van der Waals surface area contributed by atoms with Crippen molar-refractivity contribution in [2.24, 2.45) is 11.3 Å². The van der Waals surface area contributed by atoms with Crippen molar-refractivity contribution in [1.82, 2.24) is 0 Å². The van der Waals surface area contributed by atoms with E-state index in [1.807, 2.05) is 6.07 Å². The van der Waals surface area contributed by atoms with Gasteiger partial charge in [0, 0.05) is 5.33 Å². The van der Waals surface area contributed by atoms with Gasteiger partial charge in [0.1, 0.15) is 5.82 Å². The van der Waals surface area contributed by atoms with E-state index in [0.29, 0.717) is 5.41 Å². The second-order valence-electron chi connectivity index (χ2n) is 6.64. The molecule has 1 fully saturated rings. The Bertz CT molecular complexity index is 453. The lowest BCUT2D eigenvalue weighted by Crippen LogP contribution is -2.31. The Kier molecular flexibility index (Phi) is 6.55. The van der Waals surface area contributed by atoms with E-state index in [4.69, 9.17) is 11.6 Å². The summed E-state index contributed by atoms with van der Waals surface area (Å²) < 4.78 is 13.3. The summed E-state index contributed by atoms with van der Waals surface area (Å²) in [5.41, 5.74) is 1.48. The van der Waals surface area contributed by atoms with E-state index in [2.05, 4.69) is 22.9 Å². The molecule has 1 saturated carbocycles. The molecule has 0 N–H and O–H groups in total. The van der Waals surface area contributed by atoms with Crippen LogP contribution in [0.1, 0.15) is 57.4 Å². The Morgan fingerprint density at radius 1 is 1.33 bits per heavy atom. The number of unbranched alkanes of at least 4 members (excludes halogenated alkanes) is 1. The van der Waals surface area contributed by atoms with E-state index in [1.165, 1.54) is 51.0 Å². The Morgan fingerprint density at radius 3 is 2.62 bits per heavy atom. The van der Waals surface area contributed by atoms with Crippen molar-refractivity contribution < 1.29 is 4.39 Å². The standard InChI is InChI=1S/C18H25BrClF/c1-2-3-4-14-7-9-18(13-19,10-8-14)12-15-5-6-17(21)16(20)11-15/h5-6,11,14H,2-4,7-10,12-13H2,1H3. The maximum Gasteiger partial charge on any atom is 0.141 e. The van der Waals surface area contributed by atoms with Gasteiger partial charge in [0.2, 0.25) is 0 Å². The van der Waals surface area contributed by atoms with Gasteiger partial charge in [0.05, 0.1) is 5.02 Å². The summed E-state index contributed by atoms with van der Waals surface area (Å²) in [7, 11) is 0. The van der Waals surface area contributed by atoms with Gasteiger partial charge in [-0.15, -0.1) is 0 Å². The largest absolute Gasteiger partial charge is 0.205 e. The lowest BCUT2D eigenvalue weighted by molar-refractivity contribution is 0.168. The van der Waals surface area contributed by atoms with Crippen LogP contribution in [0.5, 0.6) is 0 Å². The van der Waals surface area contributed by atoms with Gasteiger partial charge in [-0.05, 0) is 61.1 Å². The molecule has 1 aromatic carbocycles. The fraction of sp³-hybridized carbons (Fsp3) is 0.667. The summed E-state index contributed by atoms with van der Waals surface area (Å²) >= 11 is 9.64. The fourth-order valence-corrected chi connectivity index (χ4v) is 4.47. The van der Waals surface area contributed by atoms with Gasteiger partial charge in [-0.1, -0.05) is 59.8 Å². The second kappa shape index (κ2) is 7.97. The zero-order chi connectivity index (χ0) is 15.3. The van der Waals surface area contributed by atoms with Crippen LogP contribution in [-0.2, 0) is 6.42 Å². The molecule has 1 aliphatic rings. The van der Waals surface area contributed by atoms with E-state index >= 15 is 0 Å². The molecule has 3 heteroatoms. The molecular formula is C18H25BrClF. The number of benzene rings is 1. The minimum atomic E-state index is -0.323. The molecule has 118 valence electrons. The molecule has 0 spiro atoms. The first-order valence-electron chi connectivity index (χ1n) is 8.08. The third-order valence-electron chi connectivity index (χ3n) is 4.98. The van der Waals surface area contributed by atoms with Crippen molar-refractivity contribution in [1.29, 1.82) is 0 Å². The molecule has 0 radical (unpaired) electrons. The summed E-state index contributed by atoms with van der Waals surface area (Å²) in [6.07, 6.45) is 10.2. The summed E-state index contributed by atoms with van der Waals surface area (Å²) in [5.74, 6) is 0.588. The zero-order valence-corrected chi connectivity index (χ0v) is 15.1. The van der Waals surface area contributed by atoms with Crippen LogP contribution in [0.4, 0.5) is 4.39 Å². The second-order valence-corrected chi connectivity index (χ2v) is 7.61. The molecule has 21 heavy (non-hydrogen) atoms. The van der Waals surface area contributed by atoms with Gasteiger partial charge < -0.3 is 0 Å². The minimum Gasteiger partial charge on any atom is -0.205 e. The average molecular weight is 376 g/mol. The maximum absolute atomic E-state index is 13.3. The molecule has 0 atom stereocenters. The Morgan fingerprint density at radius 2 is 2.05 bits per heavy atom. The zero-order valence-electron chi connectivity index (χ0n) is 12.8. The van der Waals surface area contributed by atoms with Crippen molar-refractivity contribution >= 4 is 27.5 Å². The predicted molar refractivity (Wildman–Crippen MR) is 92.8 cm³/mol. The molecule has 0 amide bonds. The van der Waals surface area contributed by atoms with Crippen molar-refractivity contribution in [3.05, 3.63) is 34.6 Å². The SMILES string of the molecule is CCCCC1CCC(CBr)(Cc2ccc(F)c(Cl)c2)CC1. The van der Waals surface area contributed by atoms with Crippen LogP contribution < -0.4 is 0 Å². The third-order valence-corrected chi connectivity index (χ3v) is 6.46. The molecule has 1 aliphatic carbocycles. The highest BCUT2D eigenvalue weighted by atomic mass is 79.9. The quantitative estimate of drug-likeness (QED) is 0.480. The molecular weight excluding hydrogens is 351 g/mol. The highest BCUT2D eigenvalue weighted by molar-refractivity contribution is 9.09. The molecule has 1 aromatic rings. The number of halogens is 3. The summed E-state index contributed by atoms with van der Waals surface area (Å²) in [5, 5.41) is 1.27. The number of hydrogen-bond acceptors (Lipinski definition) is 0. The first-order valence-corrected chi connectivity index (χ1v) is 9.58. The lowest BCUT2D eigenvalue weighted by Gasteiger charge is -2.39. The van der Waals surface area contributed by atoms with E-state index in [1.54, 1.807) is 6.07 Å². The van der Waals surface area contributed by atoms with Gasteiger partial charge in [-0.25, -0.2) is 4.39 Å². The molecule has 0 heterocycles. The average Bonchev–Trinajstić information content (AvgIpc) is 2.50. The monoisotopic (exact) mass is 374 g/mol. The molecule has 2 rings (SSSR count).